The first-order valence-electron chi connectivity index (χ1n) is 7.92. The highest BCUT2D eigenvalue weighted by Crippen LogP contribution is 2.49. The molecule has 0 N–H and O–H groups in total. The smallest absolute Gasteiger partial charge is 0.148 e. The van der Waals surface area contributed by atoms with Crippen LogP contribution in [0, 0.1) is 10.8 Å². The second-order valence-corrected chi connectivity index (χ2v) is 7.44. The number of ether oxygens (including phenoxy) is 2. The van der Waals surface area contributed by atoms with Crippen LogP contribution in [-0.4, -0.2) is 42.6 Å². The first kappa shape index (κ1) is 22.6. The van der Waals surface area contributed by atoms with Crippen LogP contribution in [0.25, 0.3) is 0 Å². The van der Waals surface area contributed by atoms with Gasteiger partial charge in [-0.2, -0.15) is 0 Å². The number of carbonyl (C=O) groups excluding carboxylic acids is 4. The lowest BCUT2D eigenvalue weighted by Crippen LogP contribution is -2.61. The molecule has 0 unspecified atom stereocenters. The summed E-state index contributed by atoms with van der Waals surface area (Å²) in [5.74, 6) is -1.15. The zero-order valence-corrected chi connectivity index (χ0v) is 16.1. The van der Waals surface area contributed by atoms with E-state index in [1.54, 1.807) is 34.6 Å². The number of carbonyl (C=O) groups is 4. The number of Topliss-reactive ketones (excluding diaryl/α,β-unsaturated/α-hetero) is 4. The van der Waals surface area contributed by atoms with Crippen molar-refractivity contribution in [1.29, 1.82) is 0 Å². The topological polar surface area (TPSA) is 86.7 Å². The van der Waals surface area contributed by atoms with Gasteiger partial charge in [-0.25, -0.2) is 0 Å². The fourth-order valence-electron chi connectivity index (χ4n) is 2.75. The summed E-state index contributed by atoms with van der Waals surface area (Å²) in [5, 5.41) is 0. The SMILES string of the molecule is COCOC(C)(C(C)(C)C(=O)CC(C)=O)C(C)(C)C(=O)CC(C)=O. The normalized spacial score (nSPS) is 12.8. The van der Waals surface area contributed by atoms with E-state index in [0.29, 0.717) is 0 Å². The Morgan fingerprint density at radius 1 is 0.750 bits per heavy atom. The van der Waals surface area contributed by atoms with Crippen molar-refractivity contribution in [1.82, 2.24) is 0 Å². The van der Waals surface area contributed by atoms with E-state index in [9.17, 15) is 19.2 Å². The summed E-state index contributed by atoms with van der Waals surface area (Å²) >= 11 is 0. The van der Waals surface area contributed by atoms with E-state index in [1.165, 1.54) is 21.0 Å². The van der Waals surface area contributed by atoms with Gasteiger partial charge >= 0.3 is 0 Å². The molecule has 24 heavy (non-hydrogen) atoms. The number of methoxy groups -OCH3 is 1. The Balaban J connectivity index is 6.01. The molecule has 0 saturated heterocycles. The standard InChI is InChI=1S/C18H30O6/c1-12(19)9-14(21)16(3,4)18(7,24-11-23-8)17(5,6)15(22)10-13(2)20/h9-11H2,1-8H3. The maximum atomic E-state index is 12.7. The van der Waals surface area contributed by atoms with Gasteiger partial charge in [-0.1, -0.05) is 27.7 Å². The van der Waals surface area contributed by atoms with Gasteiger partial charge in [0.15, 0.2) is 0 Å². The Labute approximate surface area is 144 Å². The number of rotatable bonds is 11. The van der Waals surface area contributed by atoms with Crippen molar-refractivity contribution in [3.8, 4) is 0 Å². The van der Waals surface area contributed by atoms with Crippen molar-refractivity contribution in [3.63, 3.8) is 0 Å². The average Bonchev–Trinajstić information content (AvgIpc) is 2.42. The zero-order valence-electron chi connectivity index (χ0n) is 16.1. The lowest BCUT2D eigenvalue weighted by Gasteiger charge is -2.51. The average molecular weight is 342 g/mol. The molecule has 0 fully saturated rings. The Hall–Kier alpha value is -1.40. The van der Waals surface area contributed by atoms with Crippen LogP contribution in [0.4, 0.5) is 0 Å². The van der Waals surface area contributed by atoms with E-state index in [0.717, 1.165) is 0 Å². The predicted molar refractivity (Wildman–Crippen MR) is 89.5 cm³/mol. The molecule has 0 aromatic rings. The molecule has 0 aliphatic heterocycles. The van der Waals surface area contributed by atoms with Crippen molar-refractivity contribution < 1.29 is 28.7 Å². The van der Waals surface area contributed by atoms with Gasteiger partial charge in [-0.05, 0) is 20.8 Å². The van der Waals surface area contributed by atoms with Crippen LogP contribution in [0.1, 0.15) is 61.3 Å². The van der Waals surface area contributed by atoms with E-state index < -0.39 is 16.4 Å². The third kappa shape index (κ3) is 4.57. The van der Waals surface area contributed by atoms with E-state index in [4.69, 9.17) is 9.47 Å². The summed E-state index contributed by atoms with van der Waals surface area (Å²) in [5.41, 5.74) is -3.56. The minimum absolute atomic E-state index is 0.121. The van der Waals surface area contributed by atoms with E-state index >= 15 is 0 Å². The Morgan fingerprint density at radius 2 is 1.08 bits per heavy atom. The van der Waals surface area contributed by atoms with Crippen molar-refractivity contribution in [3.05, 3.63) is 0 Å². The lowest BCUT2D eigenvalue weighted by atomic mass is 9.57. The molecule has 0 spiro atoms. The van der Waals surface area contributed by atoms with Crippen molar-refractivity contribution in [2.24, 2.45) is 10.8 Å². The second-order valence-electron chi connectivity index (χ2n) is 7.44. The number of ketones is 4. The van der Waals surface area contributed by atoms with Gasteiger partial charge in [-0.15, -0.1) is 0 Å². The lowest BCUT2D eigenvalue weighted by molar-refractivity contribution is -0.218. The highest BCUT2D eigenvalue weighted by Gasteiger charge is 2.58. The summed E-state index contributed by atoms with van der Waals surface area (Å²) < 4.78 is 10.8. The van der Waals surface area contributed by atoms with E-state index in [1.807, 2.05) is 0 Å². The molecule has 0 aromatic carbocycles. The maximum Gasteiger partial charge on any atom is 0.148 e. The summed E-state index contributed by atoms with van der Waals surface area (Å²) in [6.07, 6.45) is -0.480. The summed E-state index contributed by atoms with van der Waals surface area (Å²) in [4.78, 5) is 48.1. The van der Waals surface area contributed by atoms with Gasteiger partial charge in [0.25, 0.3) is 0 Å². The molecule has 6 nitrogen and oxygen atoms in total. The first-order valence-corrected chi connectivity index (χ1v) is 7.92. The van der Waals surface area contributed by atoms with Gasteiger partial charge in [0, 0.05) is 7.11 Å². The molecule has 0 heterocycles. The minimum Gasteiger partial charge on any atom is -0.359 e. The molecule has 0 bridgehead atoms. The van der Waals surface area contributed by atoms with Crippen molar-refractivity contribution in [2.45, 2.75) is 66.9 Å². The van der Waals surface area contributed by atoms with Gasteiger partial charge < -0.3 is 9.47 Å². The highest BCUT2D eigenvalue weighted by molar-refractivity contribution is 6.04. The molecule has 6 heteroatoms. The van der Waals surface area contributed by atoms with Crippen LogP contribution in [-0.2, 0) is 28.7 Å². The van der Waals surface area contributed by atoms with Gasteiger partial charge in [-0.3, -0.25) is 19.2 Å². The van der Waals surface area contributed by atoms with E-state index in [2.05, 4.69) is 0 Å². The quantitative estimate of drug-likeness (QED) is 0.423. The molecule has 0 saturated carbocycles. The van der Waals surface area contributed by atoms with Crippen LogP contribution >= 0.6 is 0 Å². The predicted octanol–water partition coefficient (Wildman–Crippen LogP) is 2.51. The Morgan fingerprint density at radius 3 is 1.33 bits per heavy atom. The summed E-state index contributed by atoms with van der Waals surface area (Å²) in [6, 6.07) is 0. The molecular weight excluding hydrogens is 312 g/mol. The van der Waals surface area contributed by atoms with Gasteiger partial charge in [0.05, 0.1) is 29.3 Å². The second kappa shape index (κ2) is 8.12. The highest BCUT2D eigenvalue weighted by atomic mass is 16.7. The first-order chi connectivity index (χ1) is 10.7. The van der Waals surface area contributed by atoms with Crippen LogP contribution in [0.5, 0.6) is 0 Å². The van der Waals surface area contributed by atoms with Crippen molar-refractivity contribution in [2.75, 3.05) is 13.9 Å². The number of hydrogen-bond acceptors (Lipinski definition) is 6. The summed E-state index contributed by atoms with van der Waals surface area (Å²) in [7, 11) is 1.44. The third-order valence-corrected chi connectivity index (χ3v) is 5.06. The molecule has 138 valence electrons. The molecule has 0 amide bonds. The minimum atomic E-state index is -1.27. The third-order valence-electron chi connectivity index (χ3n) is 5.06. The Bertz CT molecular complexity index is 476. The fraction of sp³-hybridized carbons (Fsp3) is 0.778. The Kier molecular flexibility index (Phi) is 7.65. The molecule has 0 radical (unpaired) electrons. The molecule has 0 rings (SSSR count). The molecule has 0 atom stereocenters. The van der Waals surface area contributed by atoms with E-state index in [-0.39, 0.29) is 42.8 Å². The van der Waals surface area contributed by atoms with Crippen molar-refractivity contribution >= 4 is 23.1 Å². The fourth-order valence-corrected chi connectivity index (χ4v) is 2.75. The largest absolute Gasteiger partial charge is 0.359 e. The van der Waals surface area contributed by atoms with Crippen LogP contribution < -0.4 is 0 Å². The molecular formula is C18H30O6. The van der Waals surface area contributed by atoms with Crippen LogP contribution in [0.2, 0.25) is 0 Å². The van der Waals surface area contributed by atoms with Gasteiger partial charge in [0.1, 0.15) is 29.9 Å². The monoisotopic (exact) mass is 342 g/mol. The molecule has 0 aliphatic rings. The van der Waals surface area contributed by atoms with Gasteiger partial charge in [0.2, 0.25) is 0 Å². The number of hydrogen-bond donors (Lipinski definition) is 0. The molecule has 0 aromatic heterocycles. The summed E-state index contributed by atoms with van der Waals surface area (Å²) in [6.45, 7) is 10.8. The maximum absolute atomic E-state index is 12.7. The van der Waals surface area contributed by atoms with Crippen LogP contribution in [0.15, 0.2) is 0 Å². The molecule has 0 aliphatic carbocycles. The van der Waals surface area contributed by atoms with Crippen LogP contribution in [0.3, 0.4) is 0 Å². The zero-order chi connectivity index (χ0) is 19.3.